The van der Waals surface area contributed by atoms with Crippen LogP contribution in [0, 0.1) is 0 Å². The first-order valence-electron chi connectivity index (χ1n) is 5.03. The summed E-state index contributed by atoms with van der Waals surface area (Å²) >= 11 is 0. The Balaban J connectivity index is 0.000000357. The number of carbonyl (C=O) groups is 1. The van der Waals surface area contributed by atoms with Crippen molar-refractivity contribution in [1.29, 1.82) is 0 Å². The van der Waals surface area contributed by atoms with E-state index in [4.69, 9.17) is 26.5 Å². The maximum Gasteiger partial charge on any atom is 0.503 e. The van der Waals surface area contributed by atoms with E-state index >= 15 is 0 Å². The minimum atomic E-state index is -1.83. The molecule has 0 atom stereocenters. The van der Waals surface area contributed by atoms with E-state index in [1.54, 1.807) is 0 Å². The van der Waals surface area contributed by atoms with E-state index in [-0.39, 0.29) is 5.96 Å². The lowest BCUT2D eigenvalue weighted by molar-refractivity contribution is 0.137. The summed E-state index contributed by atoms with van der Waals surface area (Å²) in [6.45, 7) is 0.497. The van der Waals surface area contributed by atoms with Gasteiger partial charge >= 0.3 is 6.16 Å². The van der Waals surface area contributed by atoms with Gasteiger partial charge in [-0.15, -0.1) is 0 Å². The number of guanidine groups is 1. The van der Waals surface area contributed by atoms with Gasteiger partial charge in [0.05, 0.1) is 6.54 Å². The molecule has 0 bridgehead atoms. The number of benzene rings is 1. The van der Waals surface area contributed by atoms with Crippen molar-refractivity contribution in [3.8, 4) is 0 Å². The Labute approximate surface area is 103 Å². The number of aliphatic imine (C=N–C) groups is 1. The van der Waals surface area contributed by atoms with Crippen LogP contribution in [0.4, 0.5) is 4.79 Å². The number of H-pyrrole nitrogens is 1. The maximum absolute atomic E-state index is 8.56. The molecule has 1 heterocycles. The van der Waals surface area contributed by atoms with Gasteiger partial charge in [0.25, 0.3) is 0 Å². The molecule has 7 N–H and O–H groups in total. The Bertz CT molecular complexity index is 521. The molecule has 7 nitrogen and oxygen atoms in total. The van der Waals surface area contributed by atoms with E-state index in [1.807, 2.05) is 30.3 Å². The molecule has 0 radical (unpaired) electrons. The van der Waals surface area contributed by atoms with Crippen molar-refractivity contribution >= 4 is 23.0 Å². The minimum absolute atomic E-state index is 0.114. The third-order valence-electron chi connectivity index (χ3n) is 2.02. The standard InChI is InChI=1S/C10H12N4.CH2O3/c11-10(12)13-6-8-5-7-3-1-2-4-9(7)14-8;2-1(3)4/h1-5,14H,6H2,(H4,11,12,13);(H2,2,3,4). The smallest absolute Gasteiger partial charge is 0.450 e. The molecule has 1 aromatic heterocycles. The average molecular weight is 250 g/mol. The summed E-state index contributed by atoms with van der Waals surface area (Å²) in [5, 5.41) is 15.1. The molecule has 0 unspecified atom stereocenters. The van der Waals surface area contributed by atoms with Gasteiger partial charge in [-0.1, -0.05) is 18.2 Å². The molecular formula is C11H14N4O3. The van der Waals surface area contributed by atoms with Gasteiger partial charge in [0, 0.05) is 11.2 Å². The highest BCUT2D eigenvalue weighted by Crippen LogP contribution is 2.14. The highest BCUT2D eigenvalue weighted by Gasteiger charge is 1.98. The molecule has 0 saturated carbocycles. The SMILES string of the molecule is NC(N)=NCc1cc2ccccc2[nH]1.O=C(O)O. The van der Waals surface area contributed by atoms with Crippen molar-refractivity contribution in [3.63, 3.8) is 0 Å². The second-order valence-corrected chi connectivity index (χ2v) is 3.41. The van der Waals surface area contributed by atoms with Gasteiger partial charge in [-0.2, -0.15) is 0 Å². The van der Waals surface area contributed by atoms with Crippen molar-refractivity contribution in [1.82, 2.24) is 4.98 Å². The van der Waals surface area contributed by atoms with Crippen LogP contribution >= 0.6 is 0 Å². The lowest BCUT2D eigenvalue weighted by atomic mass is 10.2. The molecule has 2 aromatic rings. The highest BCUT2D eigenvalue weighted by atomic mass is 16.6. The van der Waals surface area contributed by atoms with Crippen molar-refractivity contribution in [2.45, 2.75) is 6.54 Å². The molecule has 0 saturated heterocycles. The Hall–Kier alpha value is -2.70. The Morgan fingerprint density at radius 2 is 1.89 bits per heavy atom. The van der Waals surface area contributed by atoms with E-state index in [0.717, 1.165) is 11.2 Å². The van der Waals surface area contributed by atoms with Crippen LogP contribution in [0.1, 0.15) is 5.69 Å². The van der Waals surface area contributed by atoms with E-state index in [0.29, 0.717) is 6.54 Å². The fourth-order valence-corrected chi connectivity index (χ4v) is 1.40. The molecule has 0 spiro atoms. The first kappa shape index (κ1) is 13.4. The summed E-state index contributed by atoms with van der Waals surface area (Å²) < 4.78 is 0. The van der Waals surface area contributed by atoms with Gasteiger partial charge in [-0.25, -0.2) is 9.79 Å². The van der Waals surface area contributed by atoms with Gasteiger partial charge in [-0.05, 0) is 17.5 Å². The summed E-state index contributed by atoms with van der Waals surface area (Å²) in [5.41, 5.74) is 12.6. The van der Waals surface area contributed by atoms with Crippen LogP contribution in [0.15, 0.2) is 35.3 Å². The van der Waals surface area contributed by atoms with Crippen LogP contribution in [0.2, 0.25) is 0 Å². The zero-order valence-corrected chi connectivity index (χ0v) is 9.50. The van der Waals surface area contributed by atoms with Crippen LogP contribution in [0.25, 0.3) is 10.9 Å². The number of fused-ring (bicyclic) bond motifs is 1. The number of hydrogen-bond donors (Lipinski definition) is 5. The topological polar surface area (TPSA) is 138 Å². The summed E-state index contributed by atoms with van der Waals surface area (Å²) in [5.74, 6) is 0.114. The molecule has 96 valence electrons. The number of nitrogens with one attached hydrogen (secondary N) is 1. The second-order valence-electron chi connectivity index (χ2n) is 3.41. The Morgan fingerprint density at radius 3 is 2.44 bits per heavy atom. The van der Waals surface area contributed by atoms with Crippen molar-refractivity contribution in [2.24, 2.45) is 16.5 Å². The van der Waals surface area contributed by atoms with Gasteiger partial charge in [0.1, 0.15) is 0 Å². The van der Waals surface area contributed by atoms with Crippen molar-refractivity contribution < 1.29 is 15.0 Å². The van der Waals surface area contributed by atoms with Crippen molar-refractivity contribution in [2.75, 3.05) is 0 Å². The molecule has 0 aliphatic rings. The predicted octanol–water partition coefficient (Wildman–Crippen LogP) is 1.16. The van der Waals surface area contributed by atoms with Crippen molar-refractivity contribution in [3.05, 3.63) is 36.0 Å². The summed E-state index contributed by atoms with van der Waals surface area (Å²) in [4.78, 5) is 15.7. The molecule has 2 rings (SSSR count). The number of nitrogens with two attached hydrogens (primary N) is 2. The normalized spacial score (nSPS) is 9.33. The van der Waals surface area contributed by atoms with Crippen LogP contribution in [-0.2, 0) is 6.54 Å². The first-order chi connectivity index (χ1) is 8.49. The highest BCUT2D eigenvalue weighted by molar-refractivity contribution is 5.80. The van der Waals surface area contributed by atoms with E-state index in [1.165, 1.54) is 5.39 Å². The third kappa shape index (κ3) is 4.44. The lowest BCUT2D eigenvalue weighted by Crippen LogP contribution is -2.22. The van der Waals surface area contributed by atoms with Gasteiger partial charge in [0.2, 0.25) is 0 Å². The van der Waals surface area contributed by atoms with Crippen LogP contribution < -0.4 is 11.5 Å². The Kier molecular flexibility index (Phi) is 4.56. The average Bonchev–Trinajstić information content (AvgIpc) is 2.68. The number of aromatic amines is 1. The van der Waals surface area contributed by atoms with Crippen LogP contribution in [0.3, 0.4) is 0 Å². The van der Waals surface area contributed by atoms with Gasteiger partial charge in [0.15, 0.2) is 5.96 Å². The third-order valence-corrected chi connectivity index (χ3v) is 2.02. The van der Waals surface area contributed by atoms with Crippen LogP contribution in [0.5, 0.6) is 0 Å². The molecule has 18 heavy (non-hydrogen) atoms. The number of carboxylic acid groups (broad SMARTS) is 2. The minimum Gasteiger partial charge on any atom is -0.450 e. The quantitative estimate of drug-likeness (QED) is 0.402. The van der Waals surface area contributed by atoms with Crippen LogP contribution in [-0.4, -0.2) is 27.3 Å². The zero-order valence-electron chi connectivity index (χ0n) is 9.50. The fraction of sp³-hybridized carbons (Fsp3) is 0.0909. The summed E-state index contributed by atoms with van der Waals surface area (Å²) in [6, 6.07) is 10.1. The summed E-state index contributed by atoms with van der Waals surface area (Å²) in [7, 11) is 0. The molecule has 1 aromatic carbocycles. The molecular weight excluding hydrogens is 236 g/mol. The second kappa shape index (κ2) is 6.14. The monoisotopic (exact) mass is 250 g/mol. The molecule has 0 aliphatic carbocycles. The van der Waals surface area contributed by atoms with E-state index in [2.05, 4.69) is 9.98 Å². The number of nitrogens with zero attached hydrogens (tertiary/aromatic N) is 1. The number of rotatable bonds is 2. The number of hydrogen-bond acceptors (Lipinski definition) is 2. The lowest BCUT2D eigenvalue weighted by Gasteiger charge is -1.91. The largest absolute Gasteiger partial charge is 0.503 e. The zero-order chi connectivity index (χ0) is 13.5. The molecule has 0 amide bonds. The van der Waals surface area contributed by atoms with E-state index in [9.17, 15) is 0 Å². The molecule has 0 aliphatic heterocycles. The number of aromatic nitrogens is 1. The van der Waals surface area contributed by atoms with Gasteiger partial charge < -0.3 is 26.7 Å². The number of para-hydroxylation sites is 1. The van der Waals surface area contributed by atoms with E-state index < -0.39 is 6.16 Å². The maximum atomic E-state index is 8.56. The molecule has 0 fully saturated rings. The first-order valence-corrected chi connectivity index (χ1v) is 5.03. The summed E-state index contributed by atoms with van der Waals surface area (Å²) in [6.07, 6.45) is -1.83. The fourth-order valence-electron chi connectivity index (χ4n) is 1.40. The molecule has 7 heteroatoms. The van der Waals surface area contributed by atoms with Gasteiger partial charge in [-0.3, -0.25) is 0 Å². The Morgan fingerprint density at radius 1 is 1.28 bits per heavy atom. The predicted molar refractivity (Wildman–Crippen MR) is 68.5 cm³/mol.